The predicted octanol–water partition coefficient (Wildman–Crippen LogP) is 2.87. The minimum Gasteiger partial charge on any atom is -0.296 e. The van der Waals surface area contributed by atoms with E-state index < -0.39 is 0 Å². The van der Waals surface area contributed by atoms with Gasteiger partial charge in [0.2, 0.25) is 11.2 Å². The van der Waals surface area contributed by atoms with Gasteiger partial charge in [-0.15, -0.1) is 11.6 Å². The van der Waals surface area contributed by atoms with E-state index in [1.807, 2.05) is 24.3 Å². The average molecular weight is 296 g/mol. The Morgan fingerprint density at radius 2 is 2.11 bits per heavy atom. The molecule has 1 aliphatic heterocycles. The second-order valence-corrected chi connectivity index (χ2v) is 5.21. The Morgan fingerprint density at radius 1 is 1.32 bits per heavy atom. The molecular formula is C13H11Cl2N3O. The first-order valence-corrected chi connectivity index (χ1v) is 6.89. The number of anilines is 1. The van der Waals surface area contributed by atoms with E-state index >= 15 is 0 Å². The highest BCUT2D eigenvalue weighted by Crippen LogP contribution is 2.30. The molecule has 1 unspecified atom stereocenters. The highest BCUT2D eigenvalue weighted by atomic mass is 35.5. The van der Waals surface area contributed by atoms with Gasteiger partial charge >= 0.3 is 0 Å². The van der Waals surface area contributed by atoms with E-state index in [0.29, 0.717) is 24.7 Å². The summed E-state index contributed by atoms with van der Waals surface area (Å²) in [5.41, 5.74) is 0.736. The fraction of sp³-hybridized carbons (Fsp3) is 0.308. The smallest absolute Gasteiger partial charge is 0.228 e. The molecule has 1 aromatic carbocycles. The molecule has 19 heavy (non-hydrogen) atoms. The first-order chi connectivity index (χ1) is 9.19. The van der Waals surface area contributed by atoms with E-state index in [9.17, 15) is 4.79 Å². The van der Waals surface area contributed by atoms with Gasteiger partial charge in [-0.2, -0.15) is 4.98 Å². The zero-order valence-electron chi connectivity index (χ0n) is 10.0. The lowest BCUT2D eigenvalue weighted by molar-refractivity contribution is -0.117. The second kappa shape index (κ2) is 4.94. The number of nitrogens with zero attached hydrogens (tertiary/aromatic N) is 3. The number of benzene rings is 1. The first kappa shape index (κ1) is 12.6. The van der Waals surface area contributed by atoms with Crippen LogP contribution in [0.2, 0.25) is 5.28 Å². The molecule has 1 aromatic heterocycles. The summed E-state index contributed by atoms with van der Waals surface area (Å²) in [5, 5.41) is 0.978. The molecule has 2 heterocycles. The van der Waals surface area contributed by atoms with Crippen molar-refractivity contribution in [3.63, 3.8) is 0 Å². The molecule has 0 radical (unpaired) electrons. The van der Waals surface area contributed by atoms with Crippen molar-refractivity contribution in [2.24, 2.45) is 5.92 Å². The summed E-state index contributed by atoms with van der Waals surface area (Å²) >= 11 is 11.8. The molecule has 6 heteroatoms. The van der Waals surface area contributed by atoms with Crippen LogP contribution in [0.5, 0.6) is 0 Å². The molecule has 0 spiro atoms. The maximum Gasteiger partial charge on any atom is 0.228 e. The zero-order chi connectivity index (χ0) is 13.4. The van der Waals surface area contributed by atoms with Crippen LogP contribution < -0.4 is 4.90 Å². The Bertz CT molecular complexity index is 647. The van der Waals surface area contributed by atoms with Gasteiger partial charge in [0.15, 0.2) is 0 Å². The molecule has 4 nitrogen and oxygen atoms in total. The number of halogens is 2. The molecule has 1 saturated heterocycles. The molecule has 1 atom stereocenters. The Morgan fingerprint density at radius 3 is 2.84 bits per heavy atom. The van der Waals surface area contributed by atoms with Crippen LogP contribution in [0.4, 0.5) is 5.82 Å². The van der Waals surface area contributed by atoms with Crippen molar-refractivity contribution in [3.8, 4) is 0 Å². The highest BCUT2D eigenvalue weighted by molar-refractivity contribution is 6.29. The maximum absolute atomic E-state index is 12.1. The lowest BCUT2D eigenvalue weighted by Crippen LogP contribution is -2.26. The first-order valence-electron chi connectivity index (χ1n) is 5.97. The van der Waals surface area contributed by atoms with Crippen LogP contribution >= 0.6 is 23.2 Å². The predicted molar refractivity (Wildman–Crippen MR) is 75.7 cm³/mol. The number of aromatic nitrogens is 2. The molecule has 2 aromatic rings. The Balaban J connectivity index is 2.12. The summed E-state index contributed by atoms with van der Waals surface area (Å²) in [7, 11) is 0. The minimum absolute atomic E-state index is 0.0329. The van der Waals surface area contributed by atoms with Crippen LogP contribution in [0.15, 0.2) is 24.3 Å². The molecule has 1 amide bonds. The van der Waals surface area contributed by atoms with E-state index in [-0.39, 0.29) is 17.1 Å². The molecule has 0 saturated carbocycles. The lowest BCUT2D eigenvalue weighted by atomic mass is 10.1. The summed E-state index contributed by atoms with van der Waals surface area (Å²) < 4.78 is 0. The minimum atomic E-state index is 0.0329. The lowest BCUT2D eigenvalue weighted by Gasteiger charge is -2.17. The number of carbonyl (C=O) groups excluding carboxylic acids is 1. The Labute approximate surface area is 120 Å². The molecule has 1 aliphatic rings. The number of para-hydroxylation sites is 1. The van der Waals surface area contributed by atoms with Crippen LogP contribution in [0, 0.1) is 5.92 Å². The fourth-order valence-electron chi connectivity index (χ4n) is 2.33. The highest BCUT2D eigenvalue weighted by Gasteiger charge is 2.32. The van der Waals surface area contributed by atoms with Crippen LogP contribution in [-0.2, 0) is 4.79 Å². The SMILES string of the molecule is O=C1CC(CCl)CN1c1nc(Cl)nc2ccccc12. The van der Waals surface area contributed by atoms with E-state index in [2.05, 4.69) is 9.97 Å². The van der Waals surface area contributed by atoms with Crippen LogP contribution in [-0.4, -0.2) is 28.3 Å². The number of fused-ring (bicyclic) bond motifs is 1. The van der Waals surface area contributed by atoms with Gasteiger partial charge in [-0.25, -0.2) is 4.98 Å². The Hall–Kier alpha value is -1.39. The van der Waals surface area contributed by atoms with Crippen molar-refractivity contribution in [3.05, 3.63) is 29.5 Å². The number of carbonyl (C=O) groups is 1. The monoisotopic (exact) mass is 295 g/mol. The van der Waals surface area contributed by atoms with Crippen molar-refractivity contribution in [1.82, 2.24) is 9.97 Å². The van der Waals surface area contributed by atoms with Gasteiger partial charge in [0.25, 0.3) is 0 Å². The summed E-state index contributed by atoms with van der Waals surface area (Å²) in [4.78, 5) is 22.1. The third kappa shape index (κ3) is 2.26. The van der Waals surface area contributed by atoms with Gasteiger partial charge in [0.05, 0.1) is 5.52 Å². The van der Waals surface area contributed by atoms with Crippen molar-refractivity contribution in [2.75, 3.05) is 17.3 Å². The van der Waals surface area contributed by atoms with Gasteiger partial charge in [-0.05, 0) is 29.7 Å². The molecule has 1 fully saturated rings. The van der Waals surface area contributed by atoms with Gasteiger partial charge in [0, 0.05) is 24.2 Å². The van der Waals surface area contributed by atoms with Gasteiger partial charge in [-0.1, -0.05) is 12.1 Å². The summed E-state index contributed by atoms with van der Waals surface area (Å²) in [6.45, 7) is 0.583. The normalized spacial score (nSPS) is 19.4. The summed E-state index contributed by atoms with van der Waals surface area (Å²) in [6.07, 6.45) is 0.458. The second-order valence-electron chi connectivity index (χ2n) is 4.56. The van der Waals surface area contributed by atoms with Crippen molar-refractivity contribution >= 4 is 45.8 Å². The number of rotatable bonds is 2. The third-order valence-corrected chi connectivity index (χ3v) is 3.84. The van der Waals surface area contributed by atoms with Gasteiger partial charge < -0.3 is 0 Å². The number of hydrogen-bond acceptors (Lipinski definition) is 3. The summed E-state index contributed by atoms with van der Waals surface area (Å²) in [6, 6.07) is 7.51. The van der Waals surface area contributed by atoms with E-state index in [1.165, 1.54) is 0 Å². The standard InChI is InChI=1S/C13H11Cl2N3O/c14-6-8-5-11(19)18(7-8)12-9-3-1-2-4-10(9)16-13(15)17-12/h1-4,8H,5-7H2. The summed E-state index contributed by atoms with van der Waals surface area (Å²) in [5.74, 6) is 1.25. The topological polar surface area (TPSA) is 46.1 Å². The van der Waals surface area contributed by atoms with Crippen molar-refractivity contribution in [1.29, 1.82) is 0 Å². The third-order valence-electron chi connectivity index (χ3n) is 3.23. The van der Waals surface area contributed by atoms with Gasteiger partial charge in [-0.3, -0.25) is 9.69 Å². The van der Waals surface area contributed by atoms with E-state index in [0.717, 1.165) is 10.9 Å². The quantitative estimate of drug-likeness (QED) is 0.632. The van der Waals surface area contributed by atoms with Crippen LogP contribution in [0.1, 0.15) is 6.42 Å². The van der Waals surface area contributed by atoms with Gasteiger partial charge in [0.1, 0.15) is 5.82 Å². The molecule has 98 valence electrons. The average Bonchev–Trinajstić information content (AvgIpc) is 2.79. The Kier molecular flexibility index (Phi) is 3.29. The zero-order valence-corrected chi connectivity index (χ0v) is 11.5. The van der Waals surface area contributed by atoms with Crippen molar-refractivity contribution < 1.29 is 4.79 Å². The molecule has 0 bridgehead atoms. The maximum atomic E-state index is 12.1. The van der Waals surface area contributed by atoms with Crippen molar-refractivity contribution in [2.45, 2.75) is 6.42 Å². The van der Waals surface area contributed by atoms with E-state index in [4.69, 9.17) is 23.2 Å². The number of alkyl halides is 1. The molecule has 3 rings (SSSR count). The molecule has 0 aliphatic carbocycles. The molecule has 0 N–H and O–H groups in total. The molecular weight excluding hydrogens is 285 g/mol. The van der Waals surface area contributed by atoms with E-state index in [1.54, 1.807) is 4.90 Å². The number of amides is 1. The van der Waals surface area contributed by atoms with Crippen LogP contribution in [0.3, 0.4) is 0 Å². The fourth-order valence-corrected chi connectivity index (χ4v) is 2.71. The number of hydrogen-bond donors (Lipinski definition) is 0. The largest absolute Gasteiger partial charge is 0.296 e. The van der Waals surface area contributed by atoms with Crippen LogP contribution in [0.25, 0.3) is 10.9 Å².